The second-order valence-electron chi connectivity index (χ2n) is 5.05. The van der Waals surface area contributed by atoms with Crippen LogP contribution in [-0.4, -0.2) is 53.4 Å². The molecule has 4 nitrogen and oxygen atoms in total. The number of halogens is 3. The minimum absolute atomic E-state index is 0.118. The summed E-state index contributed by atoms with van der Waals surface area (Å²) in [6.45, 7) is 7.18. The number of carbonyl (C=O) groups is 1. The van der Waals surface area contributed by atoms with Crippen molar-refractivity contribution in [2.75, 3.05) is 32.7 Å². The first-order valence-electron chi connectivity index (χ1n) is 6.89. The van der Waals surface area contributed by atoms with E-state index in [9.17, 15) is 18.0 Å². The minimum Gasteiger partial charge on any atom is -0.336 e. The van der Waals surface area contributed by atoms with Crippen LogP contribution in [0.5, 0.6) is 0 Å². The number of aryl methyl sites for hydroxylation is 1. The van der Waals surface area contributed by atoms with E-state index in [-0.39, 0.29) is 17.2 Å². The largest absolute Gasteiger partial charge is 0.433 e. The molecule has 0 saturated carbocycles. The number of pyridine rings is 1. The zero-order valence-electron chi connectivity index (χ0n) is 12.1. The predicted molar refractivity (Wildman–Crippen MR) is 72.0 cm³/mol. The van der Waals surface area contributed by atoms with Crippen LogP contribution in [0.15, 0.2) is 12.1 Å². The van der Waals surface area contributed by atoms with Crippen LogP contribution in [0.25, 0.3) is 0 Å². The number of rotatable bonds is 2. The highest BCUT2D eigenvalue weighted by molar-refractivity contribution is 5.95. The van der Waals surface area contributed by atoms with Gasteiger partial charge in [-0.05, 0) is 25.6 Å². The van der Waals surface area contributed by atoms with E-state index in [1.165, 1.54) is 13.0 Å². The van der Waals surface area contributed by atoms with Crippen LogP contribution in [0.3, 0.4) is 0 Å². The molecule has 1 amide bonds. The van der Waals surface area contributed by atoms with Crippen molar-refractivity contribution in [2.24, 2.45) is 0 Å². The van der Waals surface area contributed by atoms with Gasteiger partial charge < -0.3 is 9.80 Å². The zero-order chi connectivity index (χ0) is 15.6. The third kappa shape index (κ3) is 3.53. The summed E-state index contributed by atoms with van der Waals surface area (Å²) < 4.78 is 37.7. The molecule has 1 saturated heterocycles. The SMILES string of the molecule is CCN1CCN(C(=O)c2ccc(C(F)(F)F)nc2C)CC1. The average Bonchev–Trinajstić information content (AvgIpc) is 2.45. The van der Waals surface area contributed by atoms with Gasteiger partial charge in [-0.25, -0.2) is 4.98 Å². The van der Waals surface area contributed by atoms with Crippen LogP contribution in [0.1, 0.15) is 28.7 Å². The van der Waals surface area contributed by atoms with Crippen LogP contribution in [0.2, 0.25) is 0 Å². The maximum absolute atomic E-state index is 12.6. The maximum atomic E-state index is 12.6. The summed E-state index contributed by atoms with van der Waals surface area (Å²) >= 11 is 0. The molecular weight excluding hydrogens is 283 g/mol. The van der Waals surface area contributed by atoms with Gasteiger partial charge in [0.1, 0.15) is 5.69 Å². The van der Waals surface area contributed by atoms with Gasteiger partial charge in [0.15, 0.2) is 0 Å². The second-order valence-corrected chi connectivity index (χ2v) is 5.05. The predicted octanol–water partition coefficient (Wildman–Crippen LogP) is 2.19. The van der Waals surface area contributed by atoms with E-state index in [2.05, 4.69) is 16.8 Å². The van der Waals surface area contributed by atoms with Crippen molar-refractivity contribution in [3.8, 4) is 0 Å². The quantitative estimate of drug-likeness (QED) is 0.840. The number of amides is 1. The Morgan fingerprint density at radius 2 is 1.86 bits per heavy atom. The van der Waals surface area contributed by atoms with Crippen LogP contribution in [-0.2, 0) is 6.18 Å². The third-order valence-corrected chi connectivity index (χ3v) is 3.71. The normalized spacial score (nSPS) is 17.1. The molecule has 116 valence electrons. The first-order chi connectivity index (χ1) is 9.82. The van der Waals surface area contributed by atoms with Crippen molar-refractivity contribution in [1.29, 1.82) is 0 Å². The Hall–Kier alpha value is -1.63. The van der Waals surface area contributed by atoms with Crippen molar-refractivity contribution in [2.45, 2.75) is 20.0 Å². The van der Waals surface area contributed by atoms with Crippen molar-refractivity contribution >= 4 is 5.91 Å². The summed E-state index contributed by atoms with van der Waals surface area (Å²) in [6, 6.07) is 2.09. The van der Waals surface area contributed by atoms with Gasteiger partial charge in [0.2, 0.25) is 0 Å². The van der Waals surface area contributed by atoms with E-state index in [1.54, 1.807) is 4.90 Å². The smallest absolute Gasteiger partial charge is 0.336 e. The lowest BCUT2D eigenvalue weighted by atomic mass is 10.1. The summed E-state index contributed by atoms with van der Waals surface area (Å²) in [6.07, 6.45) is -4.49. The lowest BCUT2D eigenvalue weighted by Crippen LogP contribution is -2.48. The summed E-state index contributed by atoms with van der Waals surface area (Å²) in [5, 5.41) is 0. The Balaban J connectivity index is 2.13. The van der Waals surface area contributed by atoms with E-state index in [4.69, 9.17) is 0 Å². The minimum atomic E-state index is -4.49. The van der Waals surface area contributed by atoms with Gasteiger partial charge in [0.05, 0.1) is 11.3 Å². The standard InChI is InChI=1S/C14H18F3N3O/c1-3-19-6-8-20(9-7-19)13(21)11-4-5-12(14(15,16)17)18-10(11)2/h4-5H,3,6-9H2,1-2H3. The number of nitrogens with zero attached hydrogens (tertiary/aromatic N) is 3. The Morgan fingerprint density at radius 3 is 2.33 bits per heavy atom. The highest BCUT2D eigenvalue weighted by atomic mass is 19.4. The molecule has 0 radical (unpaired) electrons. The molecule has 0 unspecified atom stereocenters. The van der Waals surface area contributed by atoms with Crippen molar-refractivity contribution < 1.29 is 18.0 Å². The number of carbonyl (C=O) groups excluding carboxylic acids is 1. The van der Waals surface area contributed by atoms with Gasteiger partial charge in [0, 0.05) is 26.2 Å². The topological polar surface area (TPSA) is 36.4 Å². The summed E-state index contributed by atoms with van der Waals surface area (Å²) in [7, 11) is 0. The lowest BCUT2D eigenvalue weighted by molar-refractivity contribution is -0.141. The summed E-state index contributed by atoms with van der Waals surface area (Å²) in [5.41, 5.74) is -0.604. The molecule has 0 spiro atoms. The first-order valence-corrected chi connectivity index (χ1v) is 6.89. The average molecular weight is 301 g/mol. The molecule has 1 aromatic heterocycles. The molecule has 21 heavy (non-hydrogen) atoms. The van der Waals surface area contributed by atoms with Gasteiger partial charge in [-0.2, -0.15) is 13.2 Å². The van der Waals surface area contributed by atoms with E-state index in [1.807, 2.05) is 0 Å². The molecule has 1 fully saturated rings. The zero-order valence-corrected chi connectivity index (χ0v) is 12.1. The molecule has 0 aromatic carbocycles. The molecule has 7 heteroatoms. The Kier molecular flexibility index (Phi) is 4.51. The lowest BCUT2D eigenvalue weighted by Gasteiger charge is -2.34. The molecule has 0 aliphatic carbocycles. The van der Waals surface area contributed by atoms with E-state index >= 15 is 0 Å². The molecule has 2 rings (SSSR count). The second kappa shape index (κ2) is 6.01. The van der Waals surface area contributed by atoms with Crippen molar-refractivity contribution in [3.63, 3.8) is 0 Å². The van der Waals surface area contributed by atoms with E-state index < -0.39 is 11.9 Å². The molecular formula is C14H18F3N3O. The van der Waals surface area contributed by atoms with Gasteiger partial charge in [0.25, 0.3) is 5.91 Å². The molecule has 0 N–H and O–H groups in total. The number of hydrogen-bond acceptors (Lipinski definition) is 3. The Labute approximate surface area is 121 Å². The fraction of sp³-hybridized carbons (Fsp3) is 0.571. The van der Waals surface area contributed by atoms with Crippen LogP contribution in [0, 0.1) is 6.92 Å². The first kappa shape index (κ1) is 15.8. The monoisotopic (exact) mass is 301 g/mol. The number of hydrogen-bond donors (Lipinski definition) is 0. The Bertz CT molecular complexity index is 523. The third-order valence-electron chi connectivity index (χ3n) is 3.71. The molecule has 0 bridgehead atoms. The number of likely N-dealkylation sites (N-methyl/N-ethyl adjacent to an activating group) is 1. The Morgan fingerprint density at radius 1 is 1.24 bits per heavy atom. The molecule has 1 aliphatic heterocycles. The number of piperazine rings is 1. The van der Waals surface area contributed by atoms with Crippen LogP contribution in [0.4, 0.5) is 13.2 Å². The maximum Gasteiger partial charge on any atom is 0.433 e. The van der Waals surface area contributed by atoms with Crippen LogP contribution >= 0.6 is 0 Å². The molecule has 1 aromatic rings. The molecule has 2 heterocycles. The molecule has 0 atom stereocenters. The van der Waals surface area contributed by atoms with Crippen molar-refractivity contribution in [1.82, 2.24) is 14.8 Å². The van der Waals surface area contributed by atoms with E-state index in [0.717, 1.165) is 25.7 Å². The van der Waals surface area contributed by atoms with Gasteiger partial charge in [-0.15, -0.1) is 0 Å². The van der Waals surface area contributed by atoms with Gasteiger partial charge in [-0.1, -0.05) is 6.92 Å². The fourth-order valence-corrected chi connectivity index (χ4v) is 2.38. The van der Waals surface area contributed by atoms with E-state index in [0.29, 0.717) is 13.1 Å². The number of alkyl halides is 3. The van der Waals surface area contributed by atoms with Crippen LogP contribution < -0.4 is 0 Å². The van der Waals surface area contributed by atoms with Gasteiger partial charge >= 0.3 is 6.18 Å². The number of aromatic nitrogens is 1. The van der Waals surface area contributed by atoms with Crippen molar-refractivity contribution in [3.05, 3.63) is 29.1 Å². The highest BCUT2D eigenvalue weighted by Gasteiger charge is 2.33. The molecule has 1 aliphatic rings. The summed E-state index contributed by atoms with van der Waals surface area (Å²) in [5.74, 6) is -0.246. The fourth-order valence-electron chi connectivity index (χ4n) is 2.38. The summed E-state index contributed by atoms with van der Waals surface area (Å²) in [4.78, 5) is 19.8. The highest BCUT2D eigenvalue weighted by Crippen LogP contribution is 2.28. The van der Waals surface area contributed by atoms with Gasteiger partial charge in [-0.3, -0.25) is 4.79 Å².